The van der Waals surface area contributed by atoms with Crippen LogP contribution in [0.4, 0.5) is 0 Å². The number of imidazole rings is 1. The zero-order chi connectivity index (χ0) is 19.6. The average molecular weight is 424 g/mol. The first-order chi connectivity index (χ1) is 12.7. The van der Waals surface area contributed by atoms with Crippen LogP contribution in [0, 0.1) is 0 Å². The monoisotopic (exact) mass is 423 g/mol. The molecule has 0 fully saturated rings. The van der Waals surface area contributed by atoms with Crippen molar-refractivity contribution >= 4 is 52.0 Å². The number of esters is 1. The Morgan fingerprint density at radius 1 is 1.26 bits per heavy atom. The van der Waals surface area contributed by atoms with E-state index in [1.165, 1.54) is 11.8 Å². The SMILES string of the molecule is CC(C)(C)OC(=O)CCn1c(Sc2ncc(Cl)cc2Cl)nc2ccccc21. The Kier molecular flexibility index (Phi) is 5.99. The molecule has 2 aromatic heterocycles. The molecule has 0 saturated carbocycles. The molecule has 0 saturated heterocycles. The summed E-state index contributed by atoms with van der Waals surface area (Å²) in [6.45, 7) is 6.01. The molecule has 0 atom stereocenters. The van der Waals surface area contributed by atoms with Crippen LogP contribution < -0.4 is 0 Å². The molecule has 1 aromatic carbocycles. The Morgan fingerprint density at radius 3 is 2.70 bits per heavy atom. The summed E-state index contributed by atoms with van der Waals surface area (Å²) in [5.74, 6) is -0.251. The summed E-state index contributed by atoms with van der Waals surface area (Å²) in [6.07, 6.45) is 1.79. The second kappa shape index (κ2) is 8.09. The fourth-order valence-electron chi connectivity index (χ4n) is 2.51. The van der Waals surface area contributed by atoms with Gasteiger partial charge in [0.2, 0.25) is 0 Å². The predicted octanol–water partition coefficient (Wildman–Crippen LogP) is 5.62. The van der Waals surface area contributed by atoms with Crippen molar-refractivity contribution in [2.24, 2.45) is 0 Å². The topological polar surface area (TPSA) is 57.0 Å². The molecule has 0 radical (unpaired) electrons. The van der Waals surface area contributed by atoms with Crippen molar-refractivity contribution < 1.29 is 9.53 Å². The lowest BCUT2D eigenvalue weighted by molar-refractivity contribution is -0.155. The summed E-state index contributed by atoms with van der Waals surface area (Å²) in [5, 5.41) is 2.24. The number of aryl methyl sites for hydroxylation is 1. The number of hydrogen-bond acceptors (Lipinski definition) is 5. The van der Waals surface area contributed by atoms with E-state index in [9.17, 15) is 4.79 Å². The maximum Gasteiger partial charge on any atom is 0.308 e. The van der Waals surface area contributed by atoms with Crippen LogP contribution >= 0.6 is 35.0 Å². The molecule has 0 amide bonds. The number of nitrogens with zero attached hydrogens (tertiary/aromatic N) is 3. The van der Waals surface area contributed by atoms with Crippen molar-refractivity contribution in [3.05, 3.63) is 46.6 Å². The molecular formula is C19H19Cl2N3O2S. The van der Waals surface area contributed by atoms with Crippen LogP contribution in [0.15, 0.2) is 46.7 Å². The molecule has 8 heteroatoms. The van der Waals surface area contributed by atoms with Crippen LogP contribution in [0.25, 0.3) is 11.0 Å². The van der Waals surface area contributed by atoms with Crippen molar-refractivity contribution in [2.45, 2.75) is 49.5 Å². The molecule has 0 aliphatic rings. The van der Waals surface area contributed by atoms with Gasteiger partial charge in [-0.15, -0.1) is 0 Å². The van der Waals surface area contributed by atoms with Gasteiger partial charge in [0.1, 0.15) is 10.6 Å². The lowest BCUT2D eigenvalue weighted by atomic mass is 10.2. The molecular weight excluding hydrogens is 405 g/mol. The van der Waals surface area contributed by atoms with E-state index in [1.807, 2.05) is 49.6 Å². The number of halogens is 2. The van der Waals surface area contributed by atoms with Crippen molar-refractivity contribution in [3.8, 4) is 0 Å². The third kappa shape index (κ3) is 5.15. The largest absolute Gasteiger partial charge is 0.460 e. The van der Waals surface area contributed by atoms with Crippen LogP contribution in [0.2, 0.25) is 10.0 Å². The third-order valence-corrected chi connectivity index (χ3v) is 5.16. The van der Waals surface area contributed by atoms with Crippen LogP contribution in [-0.4, -0.2) is 26.1 Å². The van der Waals surface area contributed by atoms with Gasteiger partial charge in [0, 0.05) is 12.7 Å². The minimum atomic E-state index is -0.508. The van der Waals surface area contributed by atoms with Gasteiger partial charge in [-0.2, -0.15) is 0 Å². The van der Waals surface area contributed by atoms with Gasteiger partial charge in [0.15, 0.2) is 5.16 Å². The second-order valence-electron chi connectivity index (χ2n) is 6.91. The zero-order valence-corrected chi connectivity index (χ0v) is 17.5. The number of carbonyl (C=O) groups is 1. The third-order valence-electron chi connectivity index (χ3n) is 3.54. The van der Waals surface area contributed by atoms with E-state index in [-0.39, 0.29) is 12.4 Å². The highest BCUT2D eigenvalue weighted by Crippen LogP contribution is 2.34. The minimum Gasteiger partial charge on any atom is -0.460 e. The molecule has 2 heterocycles. The Hall–Kier alpha value is -1.76. The van der Waals surface area contributed by atoms with E-state index < -0.39 is 5.60 Å². The average Bonchev–Trinajstić information content (AvgIpc) is 2.91. The van der Waals surface area contributed by atoms with Gasteiger partial charge in [-0.25, -0.2) is 9.97 Å². The molecule has 0 aliphatic heterocycles. The lowest BCUT2D eigenvalue weighted by Gasteiger charge is -2.19. The summed E-state index contributed by atoms with van der Waals surface area (Å²) >= 11 is 13.5. The Balaban J connectivity index is 1.88. The summed E-state index contributed by atoms with van der Waals surface area (Å²) in [7, 11) is 0. The Bertz CT molecular complexity index is 983. The zero-order valence-electron chi connectivity index (χ0n) is 15.2. The number of benzene rings is 1. The first-order valence-electron chi connectivity index (χ1n) is 8.39. The van der Waals surface area contributed by atoms with Crippen molar-refractivity contribution in [1.29, 1.82) is 0 Å². The molecule has 0 aliphatic carbocycles. The van der Waals surface area contributed by atoms with E-state index in [2.05, 4.69) is 9.97 Å². The van der Waals surface area contributed by atoms with Crippen molar-refractivity contribution in [2.75, 3.05) is 0 Å². The highest BCUT2D eigenvalue weighted by atomic mass is 35.5. The van der Waals surface area contributed by atoms with Crippen LogP contribution in [0.3, 0.4) is 0 Å². The standard InChI is InChI=1S/C19H19Cl2N3O2S/c1-19(2,3)26-16(25)8-9-24-15-7-5-4-6-14(15)23-18(24)27-17-13(21)10-12(20)11-22-17/h4-7,10-11H,8-9H2,1-3H3. The second-order valence-corrected chi connectivity index (χ2v) is 8.71. The van der Waals surface area contributed by atoms with Gasteiger partial charge in [-0.05, 0) is 50.7 Å². The molecule has 0 unspecified atom stereocenters. The molecule has 3 rings (SSSR count). The fourth-order valence-corrected chi connectivity index (χ4v) is 3.88. The van der Waals surface area contributed by atoms with Crippen LogP contribution in [-0.2, 0) is 16.1 Å². The number of aromatic nitrogens is 3. The Morgan fingerprint density at radius 2 is 2.00 bits per heavy atom. The number of para-hydroxylation sites is 2. The summed E-state index contributed by atoms with van der Waals surface area (Å²) in [5.41, 5.74) is 1.27. The van der Waals surface area contributed by atoms with E-state index >= 15 is 0 Å². The van der Waals surface area contributed by atoms with Gasteiger partial charge >= 0.3 is 5.97 Å². The maximum absolute atomic E-state index is 12.1. The van der Waals surface area contributed by atoms with Gasteiger partial charge in [-0.1, -0.05) is 35.3 Å². The van der Waals surface area contributed by atoms with Gasteiger partial charge in [0.25, 0.3) is 0 Å². The number of hydrogen-bond donors (Lipinski definition) is 0. The summed E-state index contributed by atoms with van der Waals surface area (Å²) in [6, 6.07) is 9.41. The summed E-state index contributed by atoms with van der Waals surface area (Å²) in [4.78, 5) is 21.1. The van der Waals surface area contributed by atoms with Gasteiger partial charge in [-0.3, -0.25) is 4.79 Å². The number of rotatable bonds is 5. The van der Waals surface area contributed by atoms with Gasteiger partial charge < -0.3 is 9.30 Å². The van der Waals surface area contributed by atoms with E-state index in [0.717, 1.165) is 11.0 Å². The van der Waals surface area contributed by atoms with Crippen molar-refractivity contribution in [1.82, 2.24) is 14.5 Å². The van der Waals surface area contributed by atoms with E-state index in [1.54, 1.807) is 12.3 Å². The first kappa shape index (κ1) is 20.0. The minimum absolute atomic E-state index is 0.243. The van der Waals surface area contributed by atoms with Crippen molar-refractivity contribution in [3.63, 3.8) is 0 Å². The lowest BCUT2D eigenvalue weighted by Crippen LogP contribution is -2.24. The maximum atomic E-state index is 12.1. The highest BCUT2D eigenvalue weighted by Gasteiger charge is 2.19. The Labute approximate surface area is 172 Å². The summed E-state index contributed by atoms with van der Waals surface area (Å²) < 4.78 is 7.39. The van der Waals surface area contributed by atoms with E-state index in [4.69, 9.17) is 27.9 Å². The van der Waals surface area contributed by atoms with Crippen LogP contribution in [0.5, 0.6) is 0 Å². The quantitative estimate of drug-likeness (QED) is 0.498. The molecule has 0 bridgehead atoms. The predicted molar refractivity (Wildman–Crippen MR) is 109 cm³/mol. The first-order valence-corrected chi connectivity index (χ1v) is 9.96. The highest BCUT2D eigenvalue weighted by molar-refractivity contribution is 7.99. The molecule has 5 nitrogen and oxygen atoms in total. The fraction of sp³-hybridized carbons (Fsp3) is 0.316. The number of carbonyl (C=O) groups excluding carboxylic acids is 1. The smallest absolute Gasteiger partial charge is 0.308 e. The number of fused-ring (bicyclic) bond motifs is 1. The van der Waals surface area contributed by atoms with Gasteiger partial charge in [0.05, 0.1) is 27.5 Å². The molecule has 3 aromatic rings. The molecule has 0 spiro atoms. The van der Waals surface area contributed by atoms with E-state index in [0.29, 0.717) is 26.8 Å². The number of pyridine rings is 1. The van der Waals surface area contributed by atoms with Crippen LogP contribution in [0.1, 0.15) is 27.2 Å². The molecule has 142 valence electrons. The number of ether oxygens (including phenoxy) is 1. The molecule has 27 heavy (non-hydrogen) atoms. The molecule has 0 N–H and O–H groups in total. The normalized spacial score (nSPS) is 11.7.